The van der Waals surface area contributed by atoms with Crippen LogP contribution in [0.5, 0.6) is 0 Å². The average molecular weight is 212 g/mol. The van der Waals surface area contributed by atoms with Gasteiger partial charge in [-0.25, -0.2) is 0 Å². The van der Waals surface area contributed by atoms with E-state index in [-0.39, 0.29) is 0 Å². The third-order valence-electron chi connectivity index (χ3n) is 3.20. The Morgan fingerprint density at radius 1 is 0.933 bits per heavy atom. The monoisotopic (exact) mass is 212 g/mol. The third kappa shape index (κ3) is 9.96. The minimum absolute atomic E-state index is 0.584. The van der Waals surface area contributed by atoms with Crippen LogP contribution in [0.15, 0.2) is 0 Å². The van der Waals surface area contributed by atoms with Gasteiger partial charge in [0.05, 0.1) is 0 Å². The van der Waals surface area contributed by atoms with Gasteiger partial charge in [0.15, 0.2) is 0 Å². The van der Waals surface area contributed by atoms with Crippen LogP contribution >= 0.6 is 0 Å². The molecule has 1 heteroatoms. The van der Waals surface area contributed by atoms with E-state index in [1.807, 2.05) is 0 Å². The molecule has 0 aliphatic heterocycles. The molecule has 0 aliphatic rings. The molecule has 15 heavy (non-hydrogen) atoms. The maximum atomic E-state index is 10.3. The fourth-order valence-electron chi connectivity index (χ4n) is 1.92. The lowest BCUT2D eigenvalue weighted by atomic mass is 9.93. The Morgan fingerprint density at radius 3 is 2.20 bits per heavy atom. The molecule has 0 aromatic heterocycles. The number of carbonyl (C=O) groups is 1. The van der Waals surface area contributed by atoms with E-state index < -0.39 is 0 Å². The zero-order valence-electron chi connectivity index (χ0n) is 10.8. The Kier molecular flexibility index (Phi) is 9.97. The van der Waals surface area contributed by atoms with Gasteiger partial charge in [0.2, 0.25) is 0 Å². The number of carbonyl (C=O) groups excluding carboxylic acids is 1. The molecule has 90 valence electrons. The van der Waals surface area contributed by atoms with Gasteiger partial charge in [-0.2, -0.15) is 0 Å². The van der Waals surface area contributed by atoms with Gasteiger partial charge < -0.3 is 4.79 Å². The molecule has 0 aromatic rings. The van der Waals surface area contributed by atoms with Gasteiger partial charge in [0.1, 0.15) is 6.29 Å². The second-order valence-corrected chi connectivity index (χ2v) is 5.04. The van der Waals surface area contributed by atoms with E-state index in [4.69, 9.17) is 0 Å². The fraction of sp³-hybridized carbons (Fsp3) is 0.929. The molecule has 0 saturated carbocycles. The molecule has 0 aliphatic carbocycles. The highest BCUT2D eigenvalue weighted by Gasteiger charge is 2.06. The van der Waals surface area contributed by atoms with Crippen LogP contribution in [-0.4, -0.2) is 6.29 Å². The first-order chi connectivity index (χ1) is 7.20. The molecular formula is C14H28O. The van der Waals surface area contributed by atoms with Crippen molar-refractivity contribution >= 4 is 6.29 Å². The summed E-state index contributed by atoms with van der Waals surface area (Å²) in [6.07, 6.45) is 11.2. The molecule has 0 aromatic carbocycles. The topological polar surface area (TPSA) is 17.1 Å². The predicted molar refractivity (Wildman–Crippen MR) is 67.0 cm³/mol. The van der Waals surface area contributed by atoms with E-state index in [2.05, 4.69) is 20.8 Å². The Labute approximate surface area is 95.6 Å². The van der Waals surface area contributed by atoms with E-state index in [1.165, 1.54) is 44.9 Å². The summed E-state index contributed by atoms with van der Waals surface area (Å²) in [6, 6.07) is 0. The summed E-state index contributed by atoms with van der Waals surface area (Å²) < 4.78 is 0. The smallest absolute Gasteiger partial charge is 0.120 e. The van der Waals surface area contributed by atoms with Crippen LogP contribution in [0.3, 0.4) is 0 Å². The molecule has 0 rings (SSSR count). The molecular weight excluding hydrogens is 184 g/mol. The molecule has 2 unspecified atom stereocenters. The standard InChI is InChI=1S/C14H28O/c1-4-5-6-7-8-13(2)9-10-14(3)11-12-15/h12-14H,4-11H2,1-3H3. The van der Waals surface area contributed by atoms with Crippen molar-refractivity contribution in [3.05, 3.63) is 0 Å². The van der Waals surface area contributed by atoms with Gasteiger partial charge >= 0.3 is 0 Å². The zero-order valence-corrected chi connectivity index (χ0v) is 10.8. The van der Waals surface area contributed by atoms with Crippen LogP contribution in [0.2, 0.25) is 0 Å². The van der Waals surface area contributed by atoms with E-state index in [9.17, 15) is 4.79 Å². The number of aldehydes is 1. The van der Waals surface area contributed by atoms with Crippen LogP contribution in [0.25, 0.3) is 0 Å². The summed E-state index contributed by atoms with van der Waals surface area (Å²) in [4.78, 5) is 10.3. The third-order valence-corrected chi connectivity index (χ3v) is 3.20. The minimum atomic E-state index is 0.584. The van der Waals surface area contributed by atoms with Gasteiger partial charge in [-0.15, -0.1) is 0 Å². The number of rotatable bonds is 10. The van der Waals surface area contributed by atoms with Crippen LogP contribution in [0.1, 0.15) is 72.1 Å². The van der Waals surface area contributed by atoms with E-state index in [0.29, 0.717) is 5.92 Å². The SMILES string of the molecule is CCCCCCC(C)CCC(C)CC=O. The largest absolute Gasteiger partial charge is 0.303 e. The highest BCUT2D eigenvalue weighted by atomic mass is 16.1. The summed E-state index contributed by atoms with van der Waals surface area (Å²) in [5.41, 5.74) is 0. The Hall–Kier alpha value is -0.330. The first kappa shape index (κ1) is 14.7. The first-order valence-corrected chi connectivity index (χ1v) is 6.64. The van der Waals surface area contributed by atoms with Crippen molar-refractivity contribution in [3.63, 3.8) is 0 Å². The molecule has 0 bridgehead atoms. The molecule has 1 nitrogen and oxygen atoms in total. The van der Waals surface area contributed by atoms with Gasteiger partial charge in [-0.1, -0.05) is 65.7 Å². The van der Waals surface area contributed by atoms with E-state index in [1.54, 1.807) is 0 Å². The van der Waals surface area contributed by atoms with Crippen molar-refractivity contribution in [2.45, 2.75) is 72.1 Å². The average Bonchev–Trinajstić information content (AvgIpc) is 2.22. The van der Waals surface area contributed by atoms with Crippen molar-refractivity contribution in [2.75, 3.05) is 0 Å². The Morgan fingerprint density at radius 2 is 1.60 bits per heavy atom. The normalized spacial score (nSPS) is 14.9. The molecule has 0 heterocycles. The number of unbranched alkanes of at least 4 members (excludes halogenated alkanes) is 3. The molecule has 0 radical (unpaired) electrons. The zero-order chi connectivity index (χ0) is 11.5. The maximum absolute atomic E-state index is 10.3. The van der Waals surface area contributed by atoms with Crippen molar-refractivity contribution in [2.24, 2.45) is 11.8 Å². The maximum Gasteiger partial charge on any atom is 0.120 e. The van der Waals surface area contributed by atoms with Gasteiger partial charge in [-0.3, -0.25) is 0 Å². The number of hydrogen-bond donors (Lipinski definition) is 0. The lowest BCUT2D eigenvalue weighted by Crippen LogP contribution is -2.01. The summed E-state index contributed by atoms with van der Waals surface area (Å²) in [5.74, 6) is 1.43. The number of hydrogen-bond acceptors (Lipinski definition) is 1. The molecule has 0 saturated heterocycles. The fourth-order valence-corrected chi connectivity index (χ4v) is 1.92. The summed E-state index contributed by atoms with van der Waals surface area (Å²) in [6.45, 7) is 6.78. The highest BCUT2D eigenvalue weighted by molar-refractivity contribution is 5.49. The summed E-state index contributed by atoms with van der Waals surface area (Å²) in [5, 5.41) is 0. The molecule has 0 spiro atoms. The van der Waals surface area contributed by atoms with Crippen LogP contribution in [0.4, 0.5) is 0 Å². The van der Waals surface area contributed by atoms with Crippen LogP contribution in [-0.2, 0) is 4.79 Å². The first-order valence-electron chi connectivity index (χ1n) is 6.64. The highest BCUT2D eigenvalue weighted by Crippen LogP contribution is 2.19. The van der Waals surface area contributed by atoms with Crippen LogP contribution < -0.4 is 0 Å². The lowest BCUT2D eigenvalue weighted by Gasteiger charge is -2.13. The van der Waals surface area contributed by atoms with E-state index >= 15 is 0 Å². The second-order valence-electron chi connectivity index (χ2n) is 5.04. The van der Waals surface area contributed by atoms with Gasteiger partial charge in [0, 0.05) is 6.42 Å². The van der Waals surface area contributed by atoms with Crippen molar-refractivity contribution in [1.29, 1.82) is 0 Å². The second kappa shape index (κ2) is 10.2. The molecule has 0 N–H and O–H groups in total. The minimum Gasteiger partial charge on any atom is -0.303 e. The van der Waals surface area contributed by atoms with Gasteiger partial charge in [-0.05, 0) is 11.8 Å². The summed E-state index contributed by atoms with van der Waals surface area (Å²) >= 11 is 0. The summed E-state index contributed by atoms with van der Waals surface area (Å²) in [7, 11) is 0. The predicted octanol–water partition coefficient (Wildman–Crippen LogP) is 4.60. The quantitative estimate of drug-likeness (QED) is 0.382. The van der Waals surface area contributed by atoms with Crippen LogP contribution in [0, 0.1) is 11.8 Å². The molecule has 0 amide bonds. The molecule has 0 fully saturated rings. The van der Waals surface area contributed by atoms with Crippen molar-refractivity contribution in [3.8, 4) is 0 Å². The van der Waals surface area contributed by atoms with Crippen molar-refractivity contribution < 1.29 is 4.79 Å². The Bertz CT molecular complexity index is 142. The van der Waals surface area contributed by atoms with Gasteiger partial charge in [0.25, 0.3) is 0 Å². The Balaban J connectivity index is 3.31. The van der Waals surface area contributed by atoms with E-state index in [0.717, 1.165) is 18.6 Å². The lowest BCUT2D eigenvalue weighted by molar-refractivity contribution is -0.108. The molecule has 2 atom stereocenters. The van der Waals surface area contributed by atoms with Crippen molar-refractivity contribution in [1.82, 2.24) is 0 Å².